The molecule has 1 unspecified atom stereocenters. The molecule has 0 aliphatic carbocycles. The minimum absolute atomic E-state index is 0.0490. The van der Waals surface area contributed by atoms with Crippen molar-refractivity contribution in [3.63, 3.8) is 0 Å². The van der Waals surface area contributed by atoms with Crippen LogP contribution >= 0.6 is 0 Å². The minimum atomic E-state index is -0.571. The van der Waals surface area contributed by atoms with E-state index in [-0.39, 0.29) is 24.1 Å². The molecular weight excluding hydrogens is 606 g/mol. The second-order valence-corrected chi connectivity index (χ2v) is 14.9. The van der Waals surface area contributed by atoms with Crippen LogP contribution in [0.2, 0.25) is 0 Å². The van der Waals surface area contributed by atoms with Gasteiger partial charge in [0.2, 0.25) is 11.9 Å². The summed E-state index contributed by atoms with van der Waals surface area (Å²) in [6, 6.07) is 9.83. The first-order valence-electron chi connectivity index (χ1n) is 16.8. The number of carbonyl (C=O) groups excluding carboxylic acids is 2. The fourth-order valence-corrected chi connectivity index (χ4v) is 6.46. The number of anilines is 1. The minimum Gasteiger partial charge on any atom is -0.444 e. The molecule has 252 valence electrons. The van der Waals surface area contributed by atoms with Crippen LogP contribution in [-0.4, -0.2) is 83.9 Å². The fraction of sp³-hybridized carbons (Fsp3) is 0.500. The number of nitriles is 1. The van der Waals surface area contributed by atoms with Crippen LogP contribution in [-0.2, 0) is 9.53 Å². The van der Waals surface area contributed by atoms with Crippen LogP contribution in [0.5, 0.6) is 0 Å². The number of nitrogens with one attached hydrogen (secondary N) is 1. The van der Waals surface area contributed by atoms with Crippen LogP contribution in [0.1, 0.15) is 78.8 Å². The van der Waals surface area contributed by atoms with Gasteiger partial charge in [0.15, 0.2) is 0 Å². The monoisotopic (exact) mass is 651 g/mol. The number of amides is 2. The lowest BCUT2D eigenvalue weighted by atomic mass is 9.93. The SMILES string of the molecule is CC(C)(C)OC(=O)N1CCCC(Nc2nc(-n3ccc4cc(C#N)ccc43)ncc2-c2cnn(C3CCN(C(=O)C(C)(C)C)CC3)c2)C1. The highest BCUT2D eigenvalue weighted by atomic mass is 16.6. The van der Waals surface area contributed by atoms with Crippen LogP contribution in [0, 0.1) is 16.7 Å². The number of likely N-dealkylation sites (tertiary alicyclic amines) is 2. The third-order valence-corrected chi connectivity index (χ3v) is 8.90. The van der Waals surface area contributed by atoms with Crippen molar-refractivity contribution in [1.29, 1.82) is 5.26 Å². The van der Waals surface area contributed by atoms with Crippen molar-refractivity contribution in [2.45, 2.75) is 84.9 Å². The van der Waals surface area contributed by atoms with Crippen molar-refractivity contribution in [3.05, 3.63) is 54.6 Å². The number of aromatic nitrogens is 5. The summed E-state index contributed by atoms with van der Waals surface area (Å²) in [4.78, 5) is 39.3. The zero-order chi connectivity index (χ0) is 34.2. The molecule has 0 spiro atoms. The fourth-order valence-electron chi connectivity index (χ4n) is 6.46. The van der Waals surface area contributed by atoms with Gasteiger partial charge in [0.05, 0.1) is 29.4 Å². The lowest BCUT2D eigenvalue weighted by Crippen LogP contribution is -2.47. The van der Waals surface area contributed by atoms with Crippen molar-refractivity contribution in [2.24, 2.45) is 5.41 Å². The molecule has 2 saturated heterocycles. The molecule has 1 atom stereocenters. The molecule has 48 heavy (non-hydrogen) atoms. The number of piperidine rings is 2. The van der Waals surface area contributed by atoms with Crippen LogP contribution in [0.3, 0.4) is 0 Å². The average Bonchev–Trinajstić information content (AvgIpc) is 3.71. The van der Waals surface area contributed by atoms with Gasteiger partial charge in [-0.2, -0.15) is 15.3 Å². The van der Waals surface area contributed by atoms with E-state index in [1.807, 2.05) is 98.7 Å². The molecular formula is C36H45N9O3. The summed E-state index contributed by atoms with van der Waals surface area (Å²) in [6.45, 7) is 14.1. The highest BCUT2D eigenvalue weighted by Gasteiger charge is 2.32. The van der Waals surface area contributed by atoms with Crippen molar-refractivity contribution < 1.29 is 14.3 Å². The summed E-state index contributed by atoms with van der Waals surface area (Å²) < 4.78 is 9.58. The van der Waals surface area contributed by atoms with Gasteiger partial charge in [-0.3, -0.25) is 14.0 Å². The summed E-state index contributed by atoms with van der Waals surface area (Å²) in [5.41, 5.74) is 2.21. The molecule has 2 amide bonds. The van der Waals surface area contributed by atoms with Gasteiger partial charge in [-0.05, 0) is 70.7 Å². The molecule has 1 N–H and O–H groups in total. The molecule has 4 aromatic rings. The van der Waals surface area contributed by atoms with Gasteiger partial charge in [-0.15, -0.1) is 0 Å². The number of nitrogens with zero attached hydrogens (tertiary/aromatic N) is 8. The molecule has 2 aliphatic heterocycles. The number of rotatable bonds is 5. The first kappa shape index (κ1) is 33.0. The van der Waals surface area contributed by atoms with E-state index in [1.165, 1.54) is 0 Å². The highest BCUT2D eigenvalue weighted by molar-refractivity contribution is 5.83. The maximum Gasteiger partial charge on any atom is 0.410 e. The Kier molecular flexibility index (Phi) is 8.90. The van der Waals surface area contributed by atoms with Crippen LogP contribution in [0.15, 0.2) is 49.1 Å². The van der Waals surface area contributed by atoms with E-state index >= 15 is 0 Å². The Morgan fingerprint density at radius 1 is 1.00 bits per heavy atom. The van der Waals surface area contributed by atoms with Gasteiger partial charge in [0.25, 0.3) is 0 Å². The standard InChI is InChI=1S/C36H45N9O3/c1-35(2,3)32(46)42-15-12-28(13-16-42)45-22-26(20-39-45)29-21-38-33(44-17-11-25-18-24(19-37)9-10-30(25)44)41-31(29)40-27-8-7-14-43(23-27)34(47)48-36(4,5)6/h9-11,17-18,20-22,27-28H,7-8,12-16,23H2,1-6H3,(H,38,40,41). The Morgan fingerprint density at radius 3 is 2.48 bits per heavy atom. The van der Waals surface area contributed by atoms with Gasteiger partial charge in [-0.1, -0.05) is 20.8 Å². The number of fused-ring (bicyclic) bond motifs is 1. The Labute approximate surface area is 281 Å². The van der Waals surface area contributed by atoms with Crippen molar-refractivity contribution in [2.75, 3.05) is 31.5 Å². The van der Waals surface area contributed by atoms with Crippen molar-refractivity contribution in [3.8, 4) is 23.1 Å². The second-order valence-electron chi connectivity index (χ2n) is 14.9. The number of ether oxygens (including phenoxy) is 1. The number of hydrogen-bond donors (Lipinski definition) is 1. The van der Waals surface area contributed by atoms with E-state index in [9.17, 15) is 14.9 Å². The molecule has 12 heteroatoms. The lowest BCUT2D eigenvalue weighted by Gasteiger charge is -2.35. The van der Waals surface area contributed by atoms with Crippen molar-refractivity contribution in [1.82, 2.24) is 34.1 Å². The Balaban J connectivity index is 1.28. The summed E-state index contributed by atoms with van der Waals surface area (Å²) in [5.74, 6) is 1.32. The molecule has 1 aromatic carbocycles. The molecule has 6 rings (SSSR count). The third-order valence-electron chi connectivity index (χ3n) is 8.90. The maximum atomic E-state index is 12.9. The van der Waals surface area contributed by atoms with Gasteiger partial charge < -0.3 is 19.9 Å². The summed E-state index contributed by atoms with van der Waals surface area (Å²) >= 11 is 0. The molecule has 3 aromatic heterocycles. The Bertz CT molecular complexity index is 1850. The molecule has 2 aliphatic rings. The van der Waals surface area contributed by atoms with E-state index in [2.05, 4.69) is 11.4 Å². The molecule has 0 bridgehead atoms. The smallest absolute Gasteiger partial charge is 0.410 e. The number of carbonyl (C=O) groups is 2. The van der Waals surface area contributed by atoms with Crippen LogP contribution in [0.25, 0.3) is 28.0 Å². The zero-order valence-corrected chi connectivity index (χ0v) is 28.7. The van der Waals surface area contributed by atoms with Crippen LogP contribution < -0.4 is 5.32 Å². The van der Waals surface area contributed by atoms with E-state index < -0.39 is 11.0 Å². The predicted octanol–water partition coefficient (Wildman–Crippen LogP) is 6.18. The largest absolute Gasteiger partial charge is 0.444 e. The molecule has 2 fully saturated rings. The van der Waals surface area contributed by atoms with E-state index in [4.69, 9.17) is 19.8 Å². The quantitative estimate of drug-likeness (QED) is 0.271. The molecule has 0 saturated carbocycles. The normalized spacial score (nSPS) is 17.7. The second kappa shape index (κ2) is 12.9. The predicted molar refractivity (Wildman–Crippen MR) is 184 cm³/mol. The first-order chi connectivity index (χ1) is 22.8. The van der Waals surface area contributed by atoms with E-state index in [1.54, 1.807) is 11.0 Å². The number of hydrogen-bond acceptors (Lipinski definition) is 8. The van der Waals surface area contributed by atoms with Gasteiger partial charge in [-0.25, -0.2) is 9.78 Å². The molecule has 12 nitrogen and oxygen atoms in total. The molecule has 5 heterocycles. The third kappa shape index (κ3) is 7.15. The maximum absolute atomic E-state index is 12.9. The number of benzene rings is 1. The van der Waals surface area contributed by atoms with Gasteiger partial charge in [0.1, 0.15) is 11.4 Å². The summed E-state index contributed by atoms with van der Waals surface area (Å²) in [6.07, 6.45) is 10.7. The highest BCUT2D eigenvalue weighted by Crippen LogP contribution is 2.32. The average molecular weight is 652 g/mol. The molecule has 0 radical (unpaired) electrons. The summed E-state index contributed by atoms with van der Waals surface area (Å²) in [7, 11) is 0. The zero-order valence-electron chi connectivity index (χ0n) is 28.7. The topological polar surface area (TPSA) is 134 Å². The van der Waals surface area contributed by atoms with Crippen LogP contribution in [0.4, 0.5) is 10.6 Å². The van der Waals surface area contributed by atoms with Crippen molar-refractivity contribution >= 4 is 28.7 Å². The summed E-state index contributed by atoms with van der Waals surface area (Å²) in [5, 5.41) is 18.7. The first-order valence-corrected chi connectivity index (χ1v) is 16.8. The lowest BCUT2D eigenvalue weighted by molar-refractivity contribution is -0.140. The van der Waals surface area contributed by atoms with E-state index in [0.717, 1.165) is 47.7 Å². The van der Waals surface area contributed by atoms with E-state index in [0.29, 0.717) is 43.5 Å². The van der Waals surface area contributed by atoms with Gasteiger partial charge in [0, 0.05) is 72.7 Å². The Hall–Kier alpha value is -4.92. The Morgan fingerprint density at radius 2 is 1.77 bits per heavy atom. The van der Waals surface area contributed by atoms with Gasteiger partial charge >= 0.3 is 6.09 Å².